The van der Waals surface area contributed by atoms with Crippen molar-refractivity contribution in [3.05, 3.63) is 0 Å². The van der Waals surface area contributed by atoms with Gasteiger partial charge in [-0.1, -0.05) is 20.8 Å². The van der Waals surface area contributed by atoms with Gasteiger partial charge in [0.25, 0.3) is 0 Å². The fourth-order valence-electron chi connectivity index (χ4n) is 1.35. The van der Waals surface area contributed by atoms with Crippen molar-refractivity contribution in [1.82, 2.24) is 0 Å². The summed E-state index contributed by atoms with van der Waals surface area (Å²) in [7, 11) is 0. The molecule has 0 aliphatic heterocycles. The molecule has 70 valence electrons. The molecule has 0 aromatic heterocycles. The van der Waals surface area contributed by atoms with Crippen LogP contribution in [0.15, 0.2) is 0 Å². The summed E-state index contributed by atoms with van der Waals surface area (Å²) in [5.74, 6) is -1.05. The van der Waals surface area contributed by atoms with E-state index in [2.05, 4.69) is 0 Å². The van der Waals surface area contributed by atoms with Crippen LogP contribution in [0, 0.1) is 17.3 Å². The van der Waals surface area contributed by atoms with Crippen LogP contribution in [0.25, 0.3) is 0 Å². The van der Waals surface area contributed by atoms with Gasteiger partial charge in [0.1, 0.15) is 5.78 Å². The Bertz CT molecular complexity index is 193. The Morgan fingerprint density at radius 2 is 1.92 bits per heavy atom. The molecule has 0 aromatic rings. The van der Waals surface area contributed by atoms with Crippen LogP contribution in [0.1, 0.15) is 27.2 Å². The lowest BCUT2D eigenvalue weighted by Crippen LogP contribution is -2.23. The molecule has 3 heteroatoms. The first kappa shape index (κ1) is 9.62. The van der Waals surface area contributed by atoms with Crippen molar-refractivity contribution in [1.29, 1.82) is 0 Å². The SMILES string of the molecule is CC(C)(C)C(=O)[C@@H]1C[C@H]1C(F)F. The molecule has 0 N–H and O–H groups in total. The molecule has 2 atom stereocenters. The van der Waals surface area contributed by atoms with Crippen molar-refractivity contribution < 1.29 is 13.6 Å². The van der Waals surface area contributed by atoms with Gasteiger partial charge in [-0.15, -0.1) is 0 Å². The number of hydrogen-bond donors (Lipinski definition) is 0. The number of alkyl halides is 2. The Hall–Kier alpha value is -0.470. The van der Waals surface area contributed by atoms with Crippen molar-refractivity contribution in [2.45, 2.75) is 33.6 Å². The van der Waals surface area contributed by atoms with Gasteiger partial charge in [0.2, 0.25) is 6.43 Å². The zero-order valence-electron chi connectivity index (χ0n) is 7.60. The second kappa shape index (κ2) is 2.79. The summed E-state index contributed by atoms with van der Waals surface area (Å²) in [5, 5.41) is 0. The Labute approximate surface area is 71.1 Å². The van der Waals surface area contributed by atoms with Crippen LogP contribution in [0.3, 0.4) is 0 Å². The highest BCUT2D eigenvalue weighted by atomic mass is 19.3. The number of Topliss-reactive ketones (excluding diaryl/α,β-unsaturated/α-hetero) is 1. The monoisotopic (exact) mass is 176 g/mol. The molecule has 0 amide bonds. The van der Waals surface area contributed by atoms with Crippen molar-refractivity contribution in [2.75, 3.05) is 0 Å². The molecule has 0 radical (unpaired) electrons. The minimum Gasteiger partial charge on any atom is -0.299 e. The summed E-state index contributed by atoms with van der Waals surface area (Å²) in [4.78, 5) is 11.4. The first-order valence-corrected chi connectivity index (χ1v) is 4.16. The maximum absolute atomic E-state index is 12.1. The fourth-order valence-corrected chi connectivity index (χ4v) is 1.35. The summed E-state index contributed by atoms with van der Waals surface area (Å²) < 4.78 is 24.1. The summed E-state index contributed by atoms with van der Waals surface area (Å²) in [6, 6.07) is 0. The molecule has 0 bridgehead atoms. The zero-order chi connectivity index (χ0) is 9.52. The molecule has 0 aromatic carbocycles. The quantitative estimate of drug-likeness (QED) is 0.631. The molecule has 0 unspecified atom stereocenters. The number of ketones is 1. The maximum Gasteiger partial charge on any atom is 0.242 e. The standard InChI is InChI=1S/C9H14F2O/c1-9(2,3)7(12)5-4-6(5)8(10)11/h5-6,8H,4H2,1-3H3/t5-,6-/m1/s1. The topological polar surface area (TPSA) is 17.1 Å². The van der Waals surface area contributed by atoms with Crippen LogP contribution in [0.2, 0.25) is 0 Å². The van der Waals surface area contributed by atoms with Gasteiger partial charge in [0.05, 0.1) is 0 Å². The van der Waals surface area contributed by atoms with E-state index in [4.69, 9.17) is 0 Å². The molecule has 0 heterocycles. The summed E-state index contributed by atoms with van der Waals surface area (Å²) in [6.07, 6.45) is -1.94. The second-order valence-corrected chi connectivity index (χ2v) is 4.45. The molecule has 1 saturated carbocycles. The van der Waals surface area contributed by atoms with E-state index in [9.17, 15) is 13.6 Å². The van der Waals surface area contributed by atoms with Gasteiger partial charge >= 0.3 is 0 Å². The predicted molar refractivity (Wildman–Crippen MR) is 42.1 cm³/mol. The van der Waals surface area contributed by atoms with Crippen LogP contribution in [0.5, 0.6) is 0 Å². The molecule has 12 heavy (non-hydrogen) atoms. The fraction of sp³-hybridized carbons (Fsp3) is 0.889. The number of hydrogen-bond acceptors (Lipinski definition) is 1. The molecular formula is C9H14F2O. The van der Waals surface area contributed by atoms with Crippen LogP contribution in [-0.4, -0.2) is 12.2 Å². The van der Waals surface area contributed by atoms with E-state index < -0.39 is 17.8 Å². The van der Waals surface area contributed by atoms with Crippen molar-refractivity contribution in [2.24, 2.45) is 17.3 Å². The van der Waals surface area contributed by atoms with Crippen LogP contribution in [-0.2, 0) is 4.79 Å². The molecule has 1 nitrogen and oxygen atoms in total. The van der Waals surface area contributed by atoms with E-state index >= 15 is 0 Å². The molecular weight excluding hydrogens is 162 g/mol. The van der Waals surface area contributed by atoms with E-state index in [0.29, 0.717) is 6.42 Å². The Balaban J connectivity index is 2.49. The van der Waals surface area contributed by atoms with Gasteiger partial charge in [-0.2, -0.15) is 0 Å². The highest BCUT2D eigenvalue weighted by Crippen LogP contribution is 2.46. The molecule has 1 aliphatic carbocycles. The molecule has 1 aliphatic rings. The number of halogens is 2. The third-order valence-electron chi connectivity index (χ3n) is 2.24. The van der Waals surface area contributed by atoms with Gasteiger partial charge in [0, 0.05) is 17.3 Å². The average Bonchev–Trinajstić information content (AvgIpc) is 2.61. The van der Waals surface area contributed by atoms with Crippen molar-refractivity contribution >= 4 is 5.78 Å². The predicted octanol–water partition coefficient (Wildman–Crippen LogP) is 2.50. The lowest BCUT2D eigenvalue weighted by Gasteiger charge is -2.16. The van der Waals surface area contributed by atoms with Crippen molar-refractivity contribution in [3.63, 3.8) is 0 Å². The van der Waals surface area contributed by atoms with E-state index in [-0.39, 0.29) is 11.7 Å². The third kappa shape index (κ3) is 1.82. The van der Waals surface area contributed by atoms with E-state index in [1.807, 2.05) is 0 Å². The number of rotatable bonds is 2. The largest absolute Gasteiger partial charge is 0.299 e. The summed E-state index contributed by atoms with van der Waals surface area (Å²) >= 11 is 0. The first-order valence-electron chi connectivity index (χ1n) is 4.16. The Morgan fingerprint density at radius 3 is 2.17 bits per heavy atom. The molecule has 1 fully saturated rings. The highest BCUT2D eigenvalue weighted by molar-refractivity contribution is 5.88. The number of carbonyl (C=O) groups is 1. The normalized spacial score (nSPS) is 29.2. The van der Waals surface area contributed by atoms with Gasteiger partial charge in [0.15, 0.2) is 0 Å². The lowest BCUT2D eigenvalue weighted by atomic mass is 9.87. The van der Waals surface area contributed by atoms with E-state index in [1.165, 1.54) is 0 Å². The smallest absolute Gasteiger partial charge is 0.242 e. The third-order valence-corrected chi connectivity index (χ3v) is 2.24. The van der Waals surface area contributed by atoms with Crippen LogP contribution >= 0.6 is 0 Å². The van der Waals surface area contributed by atoms with Gasteiger partial charge < -0.3 is 0 Å². The lowest BCUT2D eigenvalue weighted by molar-refractivity contribution is -0.128. The molecule has 0 saturated heterocycles. The summed E-state index contributed by atoms with van der Waals surface area (Å²) in [5.41, 5.74) is -0.464. The zero-order valence-corrected chi connectivity index (χ0v) is 7.60. The first-order chi connectivity index (χ1) is 5.34. The minimum absolute atomic E-state index is 0.0206. The Kier molecular flexibility index (Phi) is 2.23. The second-order valence-electron chi connectivity index (χ2n) is 4.45. The van der Waals surface area contributed by atoms with Crippen LogP contribution in [0.4, 0.5) is 8.78 Å². The van der Waals surface area contributed by atoms with Crippen molar-refractivity contribution in [3.8, 4) is 0 Å². The number of carbonyl (C=O) groups excluding carboxylic acids is 1. The van der Waals surface area contributed by atoms with Gasteiger partial charge in [-0.05, 0) is 6.42 Å². The highest BCUT2D eigenvalue weighted by Gasteiger charge is 2.51. The van der Waals surface area contributed by atoms with Crippen LogP contribution < -0.4 is 0 Å². The molecule has 0 spiro atoms. The maximum atomic E-state index is 12.1. The summed E-state index contributed by atoms with van der Waals surface area (Å²) in [6.45, 7) is 5.32. The Morgan fingerprint density at radius 1 is 1.42 bits per heavy atom. The van der Waals surface area contributed by atoms with Gasteiger partial charge in [-0.25, -0.2) is 8.78 Å². The molecule has 1 rings (SSSR count). The minimum atomic E-state index is -2.32. The average molecular weight is 176 g/mol. The van der Waals surface area contributed by atoms with E-state index in [0.717, 1.165) is 0 Å². The van der Waals surface area contributed by atoms with E-state index in [1.54, 1.807) is 20.8 Å². The van der Waals surface area contributed by atoms with Gasteiger partial charge in [-0.3, -0.25) is 4.79 Å².